The second-order valence-corrected chi connectivity index (χ2v) is 11.3. The first-order chi connectivity index (χ1) is 24.1. The molecule has 0 aliphatic rings. The SMILES string of the molecule is FC(F)(F)c1cc(-c2ccccc2)c2c(c1)ncn2-c1ccccc1.FC(F)(F)c1ccc2c(c1)nc(-c1cccnc1)n2-c1ccccc1. The molecule has 50 heavy (non-hydrogen) atoms. The molecule has 0 spiro atoms. The molecule has 8 aromatic rings. The summed E-state index contributed by atoms with van der Waals surface area (Å²) in [6, 6.07) is 37.4. The monoisotopic (exact) mass is 677 g/mol. The summed E-state index contributed by atoms with van der Waals surface area (Å²) in [4.78, 5) is 12.8. The topological polar surface area (TPSA) is 48.5 Å². The quantitative estimate of drug-likeness (QED) is 0.174. The fourth-order valence-electron chi connectivity index (χ4n) is 5.72. The maximum atomic E-state index is 13.3. The molecule has 8 rings (SSSR count). The van der Waals surface area contributed by atoms with E-state index in [1.54, 1.807) is 36.9 Å². The lowest BCUT2D eigenvalue weighted by molar-refractivity contribution is -0.138. The highest BCUT2D eigenvalue weighted by atomic mass is 19.4. The number of halogens is 6. The van der Waals surface area contributed by atoms with E-state index < -0.39 is 23.5 Å². The summed E-state index contributed by atoms with van der Waals surface area (Å²) in [6.45, 7) is 0. The number of pyridine rings is 1. The second-order valence-electron chi connectivity index (χ2n) is 11.3. The fourth-order valence-corrected chi connectivity index (χ4v) is 5.72. The molecule has 0 N–H and O–H groups in total. The van der Waals surface area contributed by atoms with Crippen LogP contribution in [0.1, 0.15) is 11.1 Å². The maximum absolute atomic E-state index is 13.3. The molecule has 11 heteroatoms. The van der Waals surface area contributed by atoms with Crippen LogP contribution >= 0.6 is 0 Å². The minimum atomic E-state index is -4.42. The number of imidazole rings is 2. The van der Waals surface area contributed by atoms with Gasteiger partial charge in [0.05, 0.1) is 33.2 Å². The molecular formula is C39H25F6N5. The van der Waals surface area contributed by atoms with E-state index in [9.17, 15) is 26.3 Å². The van der Waals surface area contributed by atoms with Crippen molar-refractivity contribution in [3.05, 3.63) is 163 Å². The van der Waals surface area contributed by atoms with Gasteiger partial charge in [0.25, 0.3) is 0 Å². The fraction of sp³-hybridized carbons (Fsp3) is 0.0513. The highest BCUT2D eigenvalue weighted by Gasteiger charge is 2.33. The van der Waals surface area contributed by atoms with Crippen LogP contribution in [0.3, 0.4) is 0 Å². The lowest BCUT2D eigenvalue weighted by Crippen LogP contribution is -2.05. The Labute approximate surface area is 281 Å². The van der Waals surface area contributed by atoms with Crippen molar-refractivity contribution in [1.82, 2.24) is 24.1 Å². The highest BCUT2D eigenvalue weighted by Crippen LogP contribution is 2.38. The summed E-state index contributed by atoms with van der Waals surface area (Å²) in [5.41, 5.74) is 4.09. The number of hydrogen-bond acceptors (Lipinski definition) is 3. The Bertz CT molecular complexity index is 2380. The first-order valence-corrected chi connectivity index (χ1v) is 15.3. The average Bonchev–Trinajstić information content (AvgIpc) is 3.74. The van der Waals surface area contributed by atoms with E-state index in [-0.39, 0.29) is 5.52 Å². The van der Waals surface area contributed by atoms with Crippen molar-refractivity contribution in [1.29, 1.82) is 0 Å². The number of aromatic nitrogens is 5. The standard InChI is InChI=1S/C20H13F3N2.C19H12F3N3/c21-20(22,23)15-11-17(14-7-3-1-4-8-14)19-18(12-15)24-13-25(19)16-9-5-2-6-10-16;20-19(21,22)14-8-9-17-16(11-14)24-18(13-5-4-10-23-12-13)25(17)15-6-2-1-3-7-15/h1-13H;1-12H. The van der Waals surface area contributed by atoms with Crippen molar-refractivity contribution in [2.24, 2.45) is 0 Å². The van der Waals surface area contributed by atoms with Crippen LogP contribution < -0.4 is 0 Å². The summed E-state index contributed by atoms with van der Waals surface area (Å²) in [5, 5.41) is 0. The van der Waals surface area contributed by atoms with Gasteiger partial charge < -0.3 is 0 Å². The molecular weight excluding hydrogens is 652 g/mol. The minimum absolute atomic E-state index is 0.289. The van der Waals surface area contributed by atoms with E-state index in [2.05, 4.69) is 15.0 Å². The summed E-state index contributed by atoms with van der Waals surface area (Å²) in [5.74, 6) is 0.550. The lowest BCUT2D eigenvalue weighted by Gasteiger charge is -2.13. The number of hydrogen-bond donors (Lipinski definition) is 0. The van der Waals surface area contributed by atoms with Crippen LogP contribution in [0, 0.1) is 0 Å². The lowest BCUT2D eigenvalue weighted by atomic mass is 10.0. The van der Waals surface area contributed by atoms with Crippen molar-refractivity contribution >= 4 is 22.1 Å². The van der Waals surface area contributed by atoms with Gasteiger partial charge >= 0.3 is 12.4 Å². The first-order valence-electron chi connectivity index (χ1n) is 15.3. The van der Waals surface area contributed by atoms with Crippen molar-refractivity contribution in [3.8, 4) is 33.9 Å². The number of nitrogens with zero attached hydrogens (tertiary/aromatic N) is 5. The molecule has 3 heterocycles. The predicted molar refractivity (Wildman–Crippen MR) is 181 cm³/mol. The summed E-state index contributed by atoms with van der Waals surface area (Å²) in [6.07, 6.45) is -3.98. The number of alkyl halides is 6. The Morgan fingerprint density at radius 3 is 1.76 bits per heavy atom. The molecule has 0 atom stereocenters. The zero-order valence-corrected chi connectivity index (χ0v) is 25.9. The van der Waals surface area contributed by atoms with Gasteiger partial charge in [0.15, 0.2) is 0 Å². The number of fused-ring (bicyclic) bond motifs is 2. The third-order valence-electron chi connectivity index (χ3n) is 8.01. The Morgan fingerprint density at radius 2 is 1.14 bits per heavy atom. The normalized spacial score (nSPS) is 11.8. The Kier molecular flexibility index (Phi) is 8.40. The van der Waals surface area contributed by atoms with Crippen LogP contribution in [0.4, 0.5) is 26.3 Å². The largest absolute Gasteiger partial charge is 0.416 e. The smallest absolute Gasteiger partial charge is 0.298 e. The number of benzene rings is 5. The molecule has 3 aromatic heterocycles. The summed E-state index contributed by atoms with van der Waals surface area (Å²) < 4.78 is 82.7. The molecule has 0 aliphatic carbocycles. The molecule has 0 unspecified atom stereocenters. The predicted octanol–water partition coefficient (Wildman–Crippen LogP) is 10.8. The van der Waals surface area contributed by atoms with Gasteiger partial charge in [-0.05, 0) is 72.3 Å². The van der Waals surface area contributed by atoms with Crippen LogP contribution in [0.5, 0.6) is 0 Å². The molecule has 0 bridgehead atoms. The highest BCUT2D eigenvalue weighted by molar-refractivity contribution is 5.94. The first kappa shape index (κ1) is 32.3. The van der Waals surface area contributed by atoms with Gasteiger partial charge in [0.2, 0.25) is 0 Å². The average molecular weight is 678 g/mol. The Morgan fingerprint density at radius 1 is 0.540 bits per heavy atom. The molecule has 0 saturated carbocycles. The summed E-state index contributed by atoms with van der Waals surface area (Å²) >= 11 is 0. The van der Waals surface area contributed by atoms with Gasteiger partial charge in [0.1, 0.15) is 12.2 Å². The van der Waals surface area contributed by atoms with Gasteiger partial charge in [-0.15, -0.1) is 0 Å². The van der Waals surface area contributed by atoms with Gasteiger partial charge in [-0.2, -0.15) is 26.3 Å². The molecule has 0 aliphatic heterocycles. The second kappa shape index (κ2) is 13.0. The molecule has 5 nitrogen and oxygen atoms in total. The minimum Gasteiger partial charge on any atom is -0.298 e. The molecule has 0 amide bonds. The van der Waals surface area contributed by atoms with E-state index in [0.717, 1.165) is 40.7 Å². The molecule has 5 aromatic carbocycles. The molecule has 0 fully saturated rings. The van der Waals surface area contributed by atoms with E-state index in [4.69, 9.17) is 0 Å². The van der Waals surface area contributed by atoms with E-state index >= 15 is 0 Å². The van der Waals surface area contributed by atoms with Crippen molar-refractivity contribution in [2.45, 2.75) is 12.4 Å². The van der Waals surface area contributed by atoms with E-state index in [1.807, 2.05) is 94.1 Å². The van der Waals surface area contributed by atoms with Crippen LogP contribution in [0.2, 0.25) is 0 Å². The Balaban J connectivity index is 0.000000157. The third kappa shape index (κ3) is 6.45. The summed E-state index contributed by atoms with van der Waals surface area (Å²) in [7, 11) is 0. The van der Waals surface area contributed by atoms with Crippen LogP contribution in [0.25, 0.3) is 56.0 Å². The zero-order chi connectivity index (χ0) is 34.9. The molecule has 0 radical (unpaired) electrons. The molecule has 248 valence electrons. The van der Waals surface area contributed by atoms with Crippen LogP contribution in [-0.4, -0.2) is 24.1 Å². The van der Waals surface area contributed by atoms with Crippen molar-refractivity contribution in [3.63, 3.8) is 0 Å². The van der Waals surface area contributed by atoms with Crippen molar-refractivity contribution < 1.29 is 26.3 Å². The maximum Gasteiger partial charge on any atom is 0.416 e. The van der Waals surface area contributed by atoms with Crippen LogP contribution in [0.15, 0.2) is 152 Å². The van der Waals surface area contributed by atoms with Gasteiger partial charge in [0, 0.05) is 34.9 Å². The number of rotatable bonds is 4. The van der Waals surface area contributed by atoms with E-state index in [0.29, 0.717) is 27.9 Å². The van der Waals surface area contributed by atoms with Gasteiger partial charge in [-0.25, -0.2) is 9.97 Å². The third-order valence-corrected chi connectivity index (χ3v) is 8.01. The van der Waals surface area contributed by atoms with Crippen molar-refractivity contribution in [2.75, 3.05) is 0 Å². The number of para-hydroxylation sites is 2. The molecule has 0 saturated heterocycles. The van der Waals surface area contributed by atoms with Crippen LogP contribution in [-0.2, 0) is 12.4 Å². The zero-order valence-electron chi connectivity index (χ0n) is 25.9. The van der Waals surface area contributed by atoms with Gasteiger partial charge in [-0.3, -0.25) is 14.1 Å². The van der Waals surface area contributed by atoms with Gasteiger partial charge in [-0.1, -0.05) is 66.7 Å². The van der Waals surface area contributed by atoms with E-state index in [1.165, 1.54) is 12.1 Å². The Hall–Kier alpha value is -6.23.